The first kappa shape index (κ1) is 15.4. The molecule has 0 saturated heterocycles. The molecule has 2 aromatic heterocycles. The third-order valence-electron chi connectivity index (χ3n) is 4.39. The molecule has 7 nitrogen and oxygen atoms in total. The summed E-state index contributed by atoms with van der Waals surface area (Å²) in [7, 11) is 1.59. The maximum absolute atomic E-state index is 12.5. The summed E-state index contributed by atoms with van der Waals surface area (Å²) >= 11 is 0. The molecule has 1 aromatic carbocycles. The zero-order valence-electron chi connectivity index (χ0n) is 13.8. The molecule has 1 atom stereocenters. The SMILES string of the molecule is COc1ccccc1-c1cc(C(=O)N[C@@H]2CCc3nccn3C2)no1. The van der Waals surface area contributed by atoms with E-state index in [1.165, 1.54) is 0 Å². The average molecular weight is 338 g/mol. The monoisotopic (exact) mass is 338 g/mol. The van der Waals surface area contributed by atoms with Crippen LogP contribution in [0.15, 0.2) is 47.2 Å². The summed E-state index contributed by atoms with van der Waals surface area (Å²) in [5.74, 6) is 2.00. The van der Waals surface area contributed by atoms with Gasteiger partial charge in [0.25, 0.3) is 5.91 Å². The third kappa shape index (κ3) is 3.00. The molecule has 0 fully saturated rings. The summed E-state index contributed by atoms with van der Waals surface area (Å²) in [6.45, 7) is 0.721. The average Bonchev–Trinajstić information content (AvgIpc) is 3.30. The van der Waals surface area contributed by atoms with Crippen molar-refractivity contribution in [2.24, 2.45) is 0 Å². The van der Waals surface area contributed by atoms with Gasteiger partial charge in [-0.25, -0.2) is 4.98 Å². The predicted molar refractivity (Wildman–Crippen MR) is 90.3 cm³/mol. The lowest BCUT2D eigenvalue weighted by molar-refractivity contribution is 0.0918. The van der Waals surface area contributed by atoms with E-state index in [0.717, 1.165) is 30.8 Å². The summed E-state index contributed by atoms with van der Waals surface area (Å²) < 4.78 is 12.7. The number of nitrogens with zero attached hydrogens (tertiary/aromatic N) is 3. The molecule has 3 aromatic rings. The number of carbonyl (C=O) groups excluding carboxylic acids is 1. The van der Waals surface area contributed by atoms with Crippen LogP contribution in [0.25, 0.3) is 11.3 Å². The molecule has 0 bridgehead atoms. The molecule has 0 aliphatic carbocycles. The molecule has 1 aliphatic rings. The van der Waals surface area contributed by atoms with E-state index in [1.807, 2.05) is 30.5 Å². The number of nitrogens with one attached hydrogen (secondary N) is 1. The van der Waals surface area contributed by atoms with Gasteiger partial charge >= 0.3 is 0 Å². The maximum atomic E-state index is 12.5. The van der Waals surface area contributed by atoms with E-state index < -0.39 is 0 Å². The summed E-state index contributed by atoms with van der Waals surface area (Å²) in [6, 6.07) is 9.15. The second-order valence-corrected chi connectivity index (χ2v) is 5.98. The molecule has 1 N–H and O–H groups in total. The van der Waals surface area contributed by atoms with Crippen LogP contribution < -0.4 is 10.1 Å². The topological polar surface area (TPSA) is 82.2 Å². The molecule has 1 aliphatic heterocycles. The van der Waals surface area contributed by atoms with Crippen molar-refractivity contribution in [1.82, 2.24) is 20.0 Å². The highest BCUT2D eigenvalue weighted by Gasteiger charge is 2.23. The molecule has 3 heterocycles. The number of methoxy groups -OCH3 is 1. The first-order chi connectivity index (χ1) is 12.2. The highest BCUT2D eigenvalue weighted by Crippen LogP contribution is 2.29. The normalized spacial score (nSPS) is 16.3. The van der Waals surface area contributed by atoms with Gasteiger partial charge in [-0.05, 0) is 18.6 Å². The van der Waals surface area contributed by atoms with Crippen LogP contribution in [0, 0.1) is 0 Å². The molecular formula is C18H18N4O3. The molecular weight excluding hydrogens is 320 g/mol. The van der Waals surface area contributed by atoms with Crippen LogP contribution >= 0.6 is 0 Å². The van der Waals surface area contributed by atoms with E-state index >= 15 is 0 Å². The van der Waals surface area contributed by atoms with Gasteiger partial charge < -0.3 is 19.1 Å². The molecule has 4 rings (SSSR count). The second-order valence-electron chi connectivity index (χ2n) is 5.98. The van der Waals surface area contributed by atoms with Crippen LogP contribution in [0.2, 0.25) is 0 Å². The van der Waals surface area contributed by atoms with Crippen molar-refractivity contribution in [1.29, 1.82) is 0 Å². The number of benzene rings is 1. The van der Waals surface area contributed by atoms with E-state index in [9.17, 15) is 4.79 Å². The summed E-state index contributed by atoms with van der Waals surface area (Å²) in [5, 5.41) is 6.92. The first-order valence-corrected chi connectivity index (χ1v) is 8.15. The van der Waals surface area contributed by atoms with Crippen molar-refractivity contribution >= 4 is 5.91 Å². The van der Waals surface area contributed by atoms with Crippen LogP contribution in [0.1, 0.15) is 22.7 Å². The van der Waals surface area contributed by atoms with Crippen molar-refractivity contribution in [2.75, 3.05) is 7.11 Å². The van der Waals surface area contributed by atoms with Gasteiger partial charge in [-0.1, -0.05) is 17.3 Å². The second kappa shape index (κ2) is 6.43. The number of rotatable bonds is 4. The van der Waals surface area contributed by atoms with Gasteiger partial charge in [0.15, 0.2) is 11.5 Å². The zero-order valence-corrected chi connectivity index (χ0v) is 13.8. The van der Waals surface area contributed by atoms with Gasteiger partial charge in [-0.3, -0.25) is 4.79 Å². The van der Waals surface area contributed by atoms with Crippen LogP contribution in [0.5, 0.6) is 5.75 Å². The van der Waals surface area contributed by atoms with Gasteiger partial charge in [0.2, 0.25) is 0 Å². The predicted octanol–water partition coefficient (Wildman–Crippen LogP) is 2.29. The number of aryl methyl sites for hydroxylation is 1. The van der Waals surface area contributed by atoms with E-state index in [4.69, 9.17) is 9.26 Å². The maximum Gasteiger partial charge on any atom is 0.273 e. The minimum Gasteiger partial charge on any atom is -0.496 e. The lowest BCUT2D eigenvalue weighted by Crippen LogP contribution is -2.41. The number of hydrogen-bond donors (Lipinski definition) is 1. The van der Waals surface area contributed by atoms with Crippen molar-refractivity contribution in [3.05, 3.63) is 54.2 Å². The number of amides is 1. The number of ether oxygens (including phenoxy) is 1. The lowest BCUT2D eigenvalue weighted by Gasteiger charge is -2.24. The fourth-order valence-electron chi connectivity index (χ4n) is 3.10. The lowest BCUT2D eigenvalue weighted by atomic mass is 10.1. The number of para-hydroxylation sites is 1. The van der Waals surface area contributed by atoms with Crippen LogP contribution in [0.4, 0.5) is 0 Å². The number of aromatic nitrogens is 3. The number of fused-ring (bicyclic) bond motifs is 1. The minimum absolute atomic E-state index is 0.0561. The van der Waals surface area contributed by atoms with E-state index in [-0.39, 0.29) is 17.6 Å². The van der Waals surface area contributed by atoms with Gasteiger partial charge in [0.05, 0.1) is 12.7 Å². The summed E-state index contributed by atoms with van der Waals surface area (Å²) in [4.78, 5) is 16.8. The quantitative estimate of drug-likeness (QED) is 0.789. The number of imidazole rings is 1. The number of hydrogen-bond acceptors (Lipinski definition) is 5. The standard InChI is InChI=1S/C18H18N4O3/c1-24-15-5-3-2-4-13(15)16-10-14(21-25-16)18(23)20-12-6-7-17-19-8-9-22(17)11-12/h2-5,8-10,12H,6-7,11H2,1H3,(H,20,23)/t12-/m1/s1. The molecule has 25 heavy (non-hydrogen) atoms. The van der Waals surface area contributed by atoms with Gasteiger partial charge in [-0.15, -0.1) is 0 Å². The molecule has 1 amide bonds. The van der Waals surface area contributed by atoms with Crippen LogP contribution in [-0.4, -0.2) is 33.8 Å². The Kier molecular flexibility index (Phi) is 3.97. The van der Waals surface area contributed by atoms with Crippen molar-refractivity contribution < 1.29 is 14.1 Å². The Morgan fingerprint density at radius 3 is 3.16 bits per heavy atom. The van der Waals surface area contributed by atoms with Gasteiger partial charge in [-0.2, -0.15) is 0 Å². The third-order valence-corrected chi connectivity index (χ3v) is 4.39. The van der Waals surface area contributed by atoms with Crippen LogP contribution in [-0.2, 0) is 13.0 Å². The number of carbonyl (C=O) groups is 1. The molecule has 0 spiro atoms. The Morgan fingerprint density at radius 2 is 2.28 bits per heavy atom. The Bertz CT molecular complexity index is 899. The Balaban J connectivity index is 1.48. The van der Waals surface area contributed by atoms with Gasteiger partial charge in [0, 0.05) is 37.5 Å². The molecule has 0 radical (unpaired) electrons. The Labute approximate surface area is 144 Å². The summed E-state index contributed by atoms with van der Waals surface area (Å²) in [5.41, 5.74) is 1.02. The molecule has 128 valence electrons. The summed E-state index contributed by atoms with van der Waals surface area (Å²) in [6.07, 6.45) is 5.43. The highest BCUT2D eigenvalue weighted by atomic mass is 16.5. The Hall–Kier alpha value is -3.09. The minimum atomic E-state index is -0.238. The van der Waals surface area contributed by atoms with Crippen molar-refractivity contribution in [2.45, 2.75) is 25.4 Å². The fraction of sp³-hybridized carbons (Fsp3) is 0.278. The fourth-order valence-corrected chi connectivity index (χ4v) is 3.10. The van der Waals surface area contributed by atoms with Crippen molar-refractivity contribution in [3.63, 3.8) is 0 Å². The van der Waals surface area contributed by atoms with E-state index in [2.05, 4.69) is 20.0 Å². The van der Waals surface area contributed by atoms with Crippen LogP contribution in [0.3, 0.4) is 0 Å². The smallest absolute Gasteiger partial charge is 0.273 e. The molecule has 7 heteroatoms. The van der Waals surface area contributed by atoms with E-state index in [1.54, 1.807) is 19.4 Å². The van der Waals surface area contributed by atoms with Gasteiger partial charge in [0.1, 0.15) is 11.6 Å². The largest absolute Gasteiger partial charge is 0.496 e. The molecule has 0 unspecified atom stereocenters. The molecule has 0 saturated carbocycles. The first-order valence-electron chi connectivity index (χ1n) is 8.15. The highest BCUT2D eigenvalue weighted by molar-refractivity contribution is 5.93. The zero-order chi connectivity index (χ0) is 17.2. The van der Waals surface area contributed by atoms with E-state index in [0.29, 0.717) is 11.5 Å². The van der Waals surface area contributed by atoms with Crippen molar-refractivity contribution in [3.8, 4) is 17.1 Å². The Morgan fingerprint density at radius 1 is 1.40 bits per heavy atom.